The summed E-state index contributed by atoms with van der Waals surface area (Å²) in [4.78, 5) is 26.1. The lowest BCUT2D eigenvalue weighted by Gasteiger charge is -2.37. The largest absolute Gasteiger partial charge is 0.477 e. The number of halogens is 3. The molecule has 1 atom stereocenters. The van der Waals surface area contributed by atoms with Gasteiger partial charge >= 0.3 is 18.1 Å². The molecule has 2 aliphatic rings. The van der Waals surface area contributed by atoms with Gasteiger partial charge in [-0.3, -0.25) is 0 Å². The summed E-state index contributed by atoms with van der Waals surface area (Å²) in [5.74, 6) is -1.11. The third-order valence-electron chi connectivity index (χ3n) is 7.53. The fourth-order valence-corrected chi connectivity index (χ4v) is 5.43. The number of esters is 1. The van der Waals surface area contributed by atoms with E-state index in [0.29, 0.717) is 45.1 Å². The first-order valence-electron chi connectivity index (χ1n) is 13.3. The number of ether oxygens (including phenoxy) is 2. The Bertz CT molecular complexity index is 1910. The number of nitrogens with zero attached hydrogens (tertiary/aromatic N) is 2. The number of nitriles is 1. The lowest BCUT2D eigenvalue weighted by Crippen LogP contribution is -2.33. The number of nitrogens with one attached hydrogen (secondary N) is 1. The Kier molecular flexibility index (Phi) is 6.77. The second-order valence-corrected chi connectivity index (χ2v) is 10.2. The predicted molar refractivity (Wildman–Crippen MR) is 154 cm³/mol. The second kappa shape index (κ2) is 10.5. The Labute approximate surface area is 249 Å². The van der Waals surface area contributed by atoms with Crippen LogP contribution in [-0.2, 0) is 21.3 Å². The molecule has 0 bridgehead atoms. The van der Waals surface area contributed by atoms with Crippen molar-refractivity contribution in [2.75, 3.05) is 23.8 Å². The van der Waals surface area contributed by atoms with E-state index >= 15 is 0 Å². The second-order valence-electron chi connectivity index (χ2n) is 10.2. The molecular weight excluding hydrogens is 575 g/mol. The Morgan fingerprint density at radius 3 is 2.50 bits per heavy atom. The van der Waals surface area contributed by atoms with Crippen LogP contribution >= 0.6 is 0 Å². The summed E-state index contributed by atoms with van der Waals surface area (Å²) in [5.41, 5.74) is 0.656. The molecule has 0 fully saturated rings. The molecule has 0 saturated carbocycles. The maximum Gasteiger partial charge on any atom is 0.416 e. The predicted octanol–water partition coefficient (Wildman–Crippen LogP) is 6.99. The molecule has 4 aromatic carbocycles. The average molecular weight is 598 g/mol. The first-order chi connectivity index (χ1) is 21.0. The minimum absolute atomic E-state index is 0.123. The normalized spacial score (nSPS) is 16.6. The van der Waals surface area contributed by atoms with Gasteiger partial charge in [0.2, 0.25) is 0 Å². The molecule has 4 aromatic rings. The molecule has 0 aromatic heterocycles. The van der Waals surface area contributed by atoms with E-state index in [-0.39, 0.29) is 17.8 Å². The zero-order chi connectivity index (χ0) is 31.2. The van der Waals surface area contributed by atoms with Gasteiger partial charge in [0.1, 0.15) is 23.1 Å². The summed E-state index contributed by atoms with van der Waals surface area (Å²) in [7, 11) is 1.72. The summed E-state index contributed by atoms with van der Waals surface area (Å²) in [6.07, 6.45) is -3.21. The van der Waals surface area contributed by atoms with Crippen LogP contribution in [-0.4, -0.2) is 30.6 Å². The van der Waals surface area contributed by atoms with Gasteiger partial charge in [-0.2, -0.15) is 18.4 Å². The molecule has 44 heavy (non-hydrogen) atoms. The fourth-order valence-electron chi connectivity index (χ4n) is 5.43. The van der Waals surface area contributed by atoms with Crippen molar-refractivity contribution in [2.45, 2.75) is 11.8 Å². The van der Waals surface area contributed by atoms with Gasteiger partial charge < -0.3 is 24.8 Å². The van der Waals surface area contributed by atoms with Crippen molar-refractivity contribution in [3.8, 4) is 17.6 Å². The number of fused-ring (bicyclic) bond motifs is 6. The van der Waals surface area contributed by atoms with Gasteiger partial charge in [-0.05, 0) is 60.7 Å². The Balaban J connectivity index is 1.44. The van der Waals surface area contributed by atoms with Gasteiger partial charge in [-0.25, -0.2) is 9.59 Å². The third kappa shape index (κ3) is 4.76. The van der Waals surface area contributed by atoms with Crippen LogP contribution in [0.2, 0.25) is 0 Å². The summed E-state index contributed by atoms with van der Waals surface area (Å²) in [5, 5.41) is 21.2. The van der Waals surface area contributed by atoms with Crippen molar-refractivity contribution in [2.24, 2.45) is 0 Å². The number of hydrogen-bond donors (Lipinski definition) is 2. The first kappa shape index (κ1) is 28.4. The number of anilines is 3. The Morgan fingerprint density at radius 2 is 1.75 bits per heavy atom. The molecule has 2 aliphatic heterocycles. The van der Waals surface area contributed by atoms with Crippen LogP contribution in [0.5, 0.6) is 11.5 Å². The third-order valence-corrected chi connectivity index (χ3v) is 7.53. The monoisotopic (exact) mass is 597 g/mol. The van der Waals surface area contributed by atoms with Crippen LogP contribution in [0.25, 0.3) is 0 Å². The van der Waals surface area contributed by atoms with Crippen molar-refractivity contribution < 1.29 is 37.3 Å². The standard InChI is InChI=1S/C33H22F3N3O5/c1-39(14-13-19(18-37)30(40)41)23-10-11-26-29(17-23)43-28-12-9-22(38-21-6-4-5-20(15-21)33(34,35)36)16-27(28)32(26)25-8-3-2-7-24(25)31(42)44-32/h2-13,15-17,38H,14H2,1H3,(H,40,41)/b19-13-. The number of hydrogen-bond acceptors (Lipinski definition) is 7. The molecule has 1 unspecified atom stereocenters. The number of carboxylic acid groups (broad SMARTS) is 1. The van der Waals surface area contributed by atoms with Gasteiger partial charge in [0, 0.05) is 53.4 Å². The maximum absolute atomic E-state index is 13.3. The SMILES string of the molecule is CN(C/C=C(/C#N)C(=O)O)c1ccc2c(c1)Oc1ccc(Nc3cccc(C(F)(F)F)c3)cc1C21OC(=O)c2ccccc21. The summed E-state index contributed by atoms with van der Waals surface area (Å²) in [6, 6.07) is 23.7. The number of carbonyl (C=O) groups is 2. The molecule has 8 nitrogen and oxygen atoms in total. The molecule has 11 heteroatoms. The van der Waals surface area contributed by atoms with E-state index in [2.05, 4.69) is 5.32 Å². The molecule has 220 valence electrons. The van der Waals surface area contributed by atoms with E-state index in [1.807, 2.05) is 0 Å². The number of carboxylic acids is 1. The lowest BCUT2D eigenvalue weighted by molar-refractivity contribution is -0.137. The van der Waals surface area contributed by atoms with E-state index in [9.17, 15) is 22.8 Å². The smallest absolute Gasteiger partial charge is 0.416 e. The van der Waals surface area contributed by atoms with Gasteiger partial charge in [0.05, 0.1) is 11.1 Å². The van der Waals surface area contributed by atoms with E-state index in [4.69, 9.17) is 19.8 Å². The van der Waals surface area contributed by atoms with E-state index < -0.39 is 29.3 Å². The Hall–Kier alpha value is -5.76. The van der Waals surface area contributed by atoms with Crippen LogP contribution in [0, 0.1) is 11.3 Å². The summed E-state index contributed by atoms with van der Waals surface area (Å²) >= 11 is 0. The van der Waals surface area contributed by atoms with E-state index in [1.165, 1.54) is 18.2 Å². The van der Waals surface area contributed by atoms with Crippen molar-refractivity contribution in [3.05, 3.63) is 124 Å². The number of likely N-dealkylation sites (N-methyl/N-ethyl adjacent to an activating group) is 1. The van der Waals surface area contributed by atoms with Gasteiger partial charge in [0.15, 0.2) is 5.60 Å². The number of alkyl halides is 3. The molecule has 0 saturated heterocycles. The minimum atomic E-state index is -4.51. The van der Waals surface area contributed by atoms with Crippen LogP contribution < -0.4 is 15.0 Å². The zero-order valence-corrected chi connectivity index (χ0v) is 23.0. The number of carbonyl (C=O) groups excluding carboxylic acids is 1. The highest BCUT2D eigenvalue weighted by molar-refractivity contribution is 5.97. The van der Waals surface area contributed by atoms with Gasteiger partial charge in [-0.1, -0.05) is 24.3 Å². The van der Waals surface area contributed by atoms with E-state index in [0.717, 1.165) is 12.1 Å². The highest BCUT2D eigenvalue weighted by atomic mass is 19.4. The van der Waals surface area contributed by atoms with Crippen LogP contribution in [0.1, 0.15) is 32.6 Å². The van der Waals surface area contributed by atoms with Gasteiger partial charge in [0.25, 0.3) is 0 Å². The number of rotatable bonds is 6. The lowest BCUT2D eigenvalue weighted by atomic mass is 9.77. The van der Waals surface area contributed by atoms with Crippen LogP contribution in [0.3, 0.4) is 0 Å². The molecule has 1 spiro atoms. The maximum atomic E-state index is 13.3. The average Bonchev–Trinajstić information content (AvgIpc) is 3.29. The van der Waals surface area contributed by atoms with E-state index in [1.54, 1.807) is 78.7 Å². The van der Waals surface area contributed by atoms with Crippen molar-refractivity contribution >= 4 is 29.0 Å². The Morgan fingerprint density at radius 1 is 0.977 bits per heavy atom. The molecule has 0 radical (unpaired) electrons. The van der Waals surface area contributed by atoms with Crippen molar-refractivity contribution in [3.63, 3.8) is 0 Å². The molecule has 0 aliphatic carbocycles. The summed E-state index contributed by atoms with van der Waals surface area (Å²) < 4.78 is 52.4. The fraction of sp³-hybridized carbons (Fsp3) is 0.121. The van der Waals surface area contributed by atoms with Gasteiger partial charge in [-0.15, -0.1) is 0 Å². The highest BCUT2D eigenvalue weighted by Crippen LogP contribution is 2.57. The quantitative estimate of drug-likeness (QED) is 0.139. The first-order valence-corrected chi connectivity index (χ1v) is 13.3. The topological polar surface area (TPSA) is 112 Å². The van der Waals surface area contributed by atoms with Crippen molar-refractivity contribution in [1.29, 1.82) is 5.26 Å². The highest BCUT2D eigenvalue weighted by Gasteiger charge is 2.53. The molecular formula is C33H22F3N3O5. The summed E-state index contributed by atoms with van der Waals surface area (Å²) in [6.45, 7) is 0.123. The minimum Gasteiger partial charge on any atom is -0.477 e. The molecule has 2 N–H and O–H groups in total. The number of aliphatic carboxylic acids is 1. The van der Waals surface area contributed by atoms with Crippen LogP contribution in [0.4, 0.5) is 30.2 Å². The molecule has 0 amide bonds. The van der Waals surface area contributed by atoms with Crippen molar-refractivity contribution in [1.82, 2.24) is 0 Å². The molecule has 2 heterocycles. The zero-order valence-electron chi connectivity index (χ0n) is 23.0. The number of benzene rings is 4. The van der Waals surface area contributed by atoms with Crippen LogP contribution in [0.15, 0.2) is 96.6 Å². The molecule has 6 rings (SSSR count).